The van der Waals surface area contributed by atoms with Crippen LogP contribution in [-0.2, 0) is 0 Å². The fraction of sp³-hybridized carbons (Fsp3) is 0.143. The van der Waals surface area contributed by atoms with Crippen molar-refractivity contribution in [3.05, 3.63) is 48.0 Å². The molecule has 0 fully saturated rings. The normalized spacial score (nSPS) is 13.6. The minimum atomic E-state index is -0.456. The van der Waals surface area contributed by atoms with Crippen LogP contribution in [0.15, 0.2) is 36.7 Å². The molecule has 2 amide bonds. The monoisotopic (exact) mass is 269 g/mol. The minimum Gasteiger partial charge on any atom is -0.494 e. The van der Waals surface area contributed by atoms with E-state index in [4.69, 9.17) is 4.74 Å². The highest BCUT2D eigenvalue weighted by molar-refractivity contribution is 6.33. The molecule has 1 aliphatic heterocycles. The Morgan fingerprint density at radius 1 is 1.00 bits per heavy atom. The average Bonchev–Trinajstić information content (AvgIpc) is 2.73. The minimum absolute atomic E-state index is 0.0892. The Morgan fingerprint density at radius 3 is 2.05 bits per heavy atom. The zero-order valence-corrected chi connectivity index (χ0v) is 10.7. The number of anilines is 1. The SMILES string of the molecule is CCOc1ccc(N2C(=O)c3nccnc3C2=O)cc1. The van der Waals surface area contributed by atoms with Crippen LogP contribution >= 0.6 is 0 Å². The number of nitrogens with zero attached hydrogens (tertiary/aromatic N) is 3. The van der Waals surface area contributed by atoms with E-state index in [1.807, 2.05) is 6.92 Å². The number of amides is 2. The third-order valence-corrected chi connectivity index (χ3v) is 2.92. The number of aromatic nitrogens is 2. The lowest BCUT2D eigenvalue weighted by molar-refractivity contribution is 0.0923. The Kier molecular flexibility index (Phi) is 2.90. The standard InChI is InChI=1S/C14H11N3O3/c1-2-20-10-5-3-9(4-6-10)17-13(18)11-12(14(17)19)16-8-7-15-11/h3-8H,2H2,1H3. The Labute approximate surface area is 115 Å². The first kappa shape index (κ1) is 12.3. The van der Waals surface area contributed by atoms with Crippen molar-refractivity contribution in [1.82, 2.24) is 9.97 Å². The third-order valence-electron chi connectivity index (χ3n) is 2.92. The molecular weight excluding hydrogens is 258 g/mol. The molecule has 20 heavy (non-hydrogen) atoms. The molecule has 0 aliphatic carbocycles. The Morgan fingerprint density at radius 2 is 1.55 bits per heavy atom. The van der Waals surface area contributed by atoms with Crippen LogP contribution in [0.4, 0.5) is 5.69 Å². The zero-order valence-electron chi connectivity index (χ0n) is 10.7. The number of carbonyl (C=O) groups excluding carboxylic acids is 2. The number of carbonyl (C=O) groups is 2. The average molecular weight is 269 g/mol. The van der Waals surface area contributed by atoms with Crippen molar-refractivity contribution in [2.75, 3.05) is 11.5 Å². The molecular formula is C14H11N3O3. The molecule has 100 valence electrons. The van der Waals surface area contributed by atoms with Gasteiger partial charge >= 0.3 is 0 Å². The molecule has 0 atom stereocenters. The molecule has 0 unspecified atom stereocenters. The first-order valence-electron chi connectivity index (χ1n) is 6.15. The molecule has 0 N–H and O–H groups in total. The summed E-state index contributed by atoms with van der Waals surface area (Å²) >= 11 is 0. The van der Waals surface area contributed by atoms with Crippen LogP contribution in [0.1, 0.15) is 27.9 Å². The van der Waals surface area contributed by atoms with Gasteiger partial charge in [-0.25, -0.2) is 14.9 Å². The fourth-order valence-electron chi connectivity index (χ4n) is 2.05. The summed E-state index contributed by atoms with van der Waals surface area (Å²) in [5.74, 6) is -0.228. The second-order valence-electron chi connectivity index (χ2n) is 4.13. The van der Waals surface area contributed by atoms with Crippen molar-refractivity contribution in [3.63, 3.8) is 0 Å². The molecule has 3 rings (SSSR count). The summed E-state index contributed by atoms with van der Waals surface area (Å²) in [4.78, 5) is 33.3. The van der Waals surface area contributed by atoms with Crippen LogP contribution in [0.3, 0.4) is 0 Å². The van der Waals surface area contributed by atoms with E-state index in [0.717, 1.165) is 4.90 Å². The fourth-order valence-corrected chi connectivity index (χ4v) is 2.05. The van der Waals surface area contributed by atoms with Crippen LogP contribution in [0, 0.1) is 0 Å². The summed E-state index contributed by atoms with van der Waals surface area (Å²) in [5, 5.41) is 0. The van der Waals surface area contributed by atoms with E-state index < -0.39 is 11.8 Å². The lowest BCUT2D eigenvalue weighted by atomic mass is 10.3. The van der Waals surface area contributed by atoms with Gasteiger partial charge in [-0.15, -0.1) is 0 Å². The zero-order chi connectivity index (χ0) is 14.1. The molecule has 1 aromatic heterocycles. The van der Waals surface area contributed by atoms with Crippen molar-refractivity contribution in [2.45, 2.75) is 6.92 Å². The van der Waals surface area contributed by atoms with Crippen LogP contribution in [0.25, 0.3) is 0 Å². The summed E-state index contributed by atoms with van der Waals surface area (Å²) in [6, 6.07) is 6.74. The summed E-state index contributed by atoms with van der Waals surface area (Å²) < 4.78 is 5.33. The van der Waals surface area contributed by atoms with E-state index in [2.05, 4.69) is 9.97 Å². The maximum atomic E-state index is 12.2. The Bertz CT molecular complexity index is 647. The van der Waals surface area contributed by atoms with Crippen molar-refractivity contribution in [3.8, 4) is 5.75 Å². The van der Waals surface area contributed by atoms with Gasteiger partial charge < -0.3 is 4.74 Å². The second kappa shape index (κ2) is 4.73. The number of fused-ring (bicyclic) bond motifs is 1. The number of ether oxygens (including phenoxy) is 1. The predicted molar refractivity (Wildman–Crippen MR) is 70.8 cm³/mol. The smallest absolute Gasteiger partial charge is 0.286 e. The molecule has 0 saturated carbocycles. The van der Waals surface area contributed by atoms with Gasteiger partial charge in [0.1, 0.15) is 5.75 Å². The topological polar surface area (TPSA) is 72.4 Å². The lowest BCUT2D eigenvalue weighted by Gasteiger charge is -2.13. The van der Waals surface area contributed by atoms with Crippen molar-refractivity contribution >= 4 is 17.5 Å². The van der Waals surface area contributed by atoms with E-state index in [9.17, 15) is 9.59 Å². The molecule has 2 heterocycles. The number of hydrogen-bond donors (Lipinski definition) is 0. The third kappa shape index (κ3) is 1.82. The van der Waals surface area contributed by atoms with Gasteiger partial charge in [0.15, 0.2) is 11.4 Å². The highest BCUT2D eigenvalue weighted by Gasteiger charge is 2.39. The van der Waals surface area contributed by atoms with Gasteiger partial charge in [0.05, 0.1) is 12.3 Å². The van der Waals surface area contributed by atoms with Gasteiger partial charge in [0, 0.05) is 12.4 Å². The van der Waals surface area contributed by atoms with Gasteiger partial charge in [0.25, 0.3) is 11.8 Å². The van der Waals surface area contributed by atoms with Gasteiger partial charge in [-0.2, -0.15) is 0 Å². The molecule has 1 aromatic carbocycles. The maximum Gasteiger partial charge on any atom is 0.286 e. The van der Waals surface area contributed by atoms with E-state index in [-0.39, 0.29) is 11.4 Å². The summed E-state index contributed by atoms with van der Waals surface area (Å²) in [5.41, 5.74) is 0.654. The second-order valence-corrected chi connectivity index (χ2v) is 4.13. The largest absolute Gasteiger partial charge is 0.494 e. The van der Waals surface area contributed by atoms with Crippen LogP contribution in [-0.4, -0.2) is 28.4 Å². The van der Waals surface area contributed by atoms with Gasteiger partial charge in [-0.1, -0.05) is 0 Å². The Hall–Kier alpha value is -2.76. The molecule has 0 radical (unpaired) electrons. The summed E-state index contributed by atoms with van der Waals surface area (Å²) in [6.07, 6.45) is 2.79. The lowest BCUT2D eigenvalue weighted by Crippen LogP contribution is -2.29. The Balaban J connectivity index is 1.96. The predicted octanol–water partition coefficient (Wildman–Crippen LogP) is 1.68. The highest BCUT2D eigenvalue weighted by atomic mass is 16.5. The first-order valence-corrected chi connectivity index (χ1v) is 6.15. The van der Waals surface area contributed by atoms with E-state index in [1.165, 1.54) is 12.4 Å². The van der Waals surface area contributed by atoms with Crippen molar-refractivity contribution in [2.24, 2.45) is 0 Å². The van der Waals surface area contributed by atoms with Crippen molar-refractivity contribution < 1.29 is 14.3 Å². The summed E-state index contributed by atoms with van der Waals surface area (Å²) in [7, 11) is 0. The molecule has 0 spiro atoms. The highest BCUT2D eigenvalue weighted by Crippen LogP contribution is 2.27. The molecule has 0 bridgehead atoms. The first-order chi connectivity index (χ1) is 9.72. The molecule has 1 aliphatic rings. The van der Waals surface area contributed by atoms with Crippen LogP contribution in [0.2, 0.25) is 0 Å². The number of imide groups is 1. The van der Waals surface area contributed by atoms with Crippen molar-refractivity contribution in [1.29, 1.82) is 0 Å². The van der Waals surface area contributed by atoms with Gasteiger partial charge in [0.2, 0.25) is 0 Å². The quantitative estimate of drug-likeness (QED) is 0.792. The van der Waals surface area contributed by atoms with Crippen LogP contribution in [0.5, 0.6) is 5.75 Å². The van der Waals surface area contributed by atoms with Crippen LogP contribution < -0.4 is 9.64 Å². The molecule has 0 saturated heterocycles. The van der Waals surface area contributed by atoms with E-state index in [0.29, 0.717) is 18.0 Å². The summed E-state index contributed by atoms with van der Waals surface area (Å²) in [6.45, 7) is 2.44. The maximum absolute atomic E-state index is 12.2. The van der Waals surface area contributed by atoms with Gasteiger partial charge in [-0.05, 0) is 31.2 Å². The molecule has 6 heteroatoms. The van der Waals surface area contributed by atoms with E-state index in [1.54, 1.807) is 24.3 Å². The molecule has 2 aromatic rings. The number of rotatable bonds is 3. The van der Waals surface area contributed by atoms with Gasteiger partial charge in [-0.3, -0.25) is 9.59 Å². The number of hydrogen-bond acceptors (Lipinski definition) is 5. The number of benzene rings is 1. The van der Waals surface area contributed by atoms with E-state index >= 15 is 0 Å². The molecule has 6 nitrogen and oxygen atoms in total.